The number of benzene rings is 1. The Morgan fingerprint density at radius 2 is 2.00 bits per heavy atom. The number of nitrogens with zero attached hydrogens (tertiary/aromatic N) is 4. The van der Waals surface area contributed by atoms with Gasteiger partial charge in [0.1, 0.15) is 16.7 Å². The normalized spacial score (nSPS) is 16.6. The van der Waals surface area contributed by atoms with Crippen LogP contribution in [0.4, 0.5) is 11.6 Å². The van der Waals surface area contributed by atoms with Crippen molar-refractivity contribution in [2.75, 3.05) is 29.9 Å². The van der Waals surface area contributed by atoms with Gasteiger partial charge in [0, 0.05) is 31.6 Å². The summed E-state index contributed by atoms with van der Waals surface area (Å²) in [6.45, 7) is 5.28. The Labute approximate surface area is 175 Å². The van der Waals surface area contributed by atoms with E-state index in [0.717, 1.165) is 47.7 Å². The van der Waals surface area contributed by atoms with Crippen LogP contribution in [-0.2, 0) is 17.0 Å². The third-order valence-corrected chi connectivity index (χ3v) is 5.66. The van der Waals surface area contributed by atoms with E-state index >= 15 is 0 Å². The van der Waals surface area contributed by atoms with Gasteiger partial charge in [0.15, 0.2) is 0 Å². The Kier molecular flexibility index (Phi) is 6.59. The minimum atomic E-state index is 0.248. The van der Waals surface area contributed by atoms with E-state index in [1.54, 1.807) is 24.2 Å². The molecule has 1 aliphatic rings. The predicted octanol–water partition coefficient (Wildman–Crippen LogP) is 4.00. The fourth-order valence-corrected chi connectivity index (χ4v) is 3.97. The minimum absolute atomic E-state index is 0.248. The number of anilines is 2. The first-order valence-corrected chi connectivity index (χ1v) is 10.8. The fourth-order valence-electron chi connectivity index (χ4n) is 3.16. The highest BCUT2D eigenvalue weighted by molar-refractivity contribution is 7.98. The molecule has 0 amide bonds. The highest BCUT2D eigenvalue weighted by Gasteiger charge is 2.17. The number of pyridine rings is 1. The van der Waals surface area contributed by atoms with E-state index in [1.807, 2.05) is 12.3 Å². The van der Waals surface area contributed by atoms with Crippen LogP contribution in [0.3, 0.4) is 0 Å². The molecule has 0 spiro atoms. The highest BCUT2D eigenvalue weighted by Crippen LogP contribution is 2.21. The van der Waals surface area contributed by atoms with Gasteiger partial charge in [-0.1, -0.05) is 36.4 Å². The molecule has 1 saturated heterocycles. The van der Waals surface area contributed by atoms with E-state index in [1.165, 1.54) is 5.56 Å². The molecule has 3 heterocycles. The summed E-state index contributed by atoms with van der Waals surface area (Å²) in [5.74, 6) is 2.65. The number of hydrogen-bond donors (Lipinski definition) is 1. The molecule has 0 saturated carbocycles. The Morgan fingerprint density at radius 3 is 2.79 bits per heavy atom. The van der Waals surface area contributed by atoms with Gasteiger partial charge in [-0.05, 0) is 24.1 Å². The standard InChI is InChI=1S/C22H25N5OS/c1-17-15-27(9-10-28-17)21-8-7-19(12-25-21)11-24-20-13-23-14-22(26-20)29-16-18-5-3-2-4-6-18/h2-8,12-14,17H,9-11,15-16H2,1H3,(H,24,26). The number of hydrogen-bond acceptors (Lipinski definition) is 7. The summed E-state index contributed by atoms with van der Waals surface area (Å²) in [5.41, 5.74) is 2.39. The van der Waals surface area contributed by atoms with Crippen LogP contribution >= 0.6 is 11.8 Å². The molecule has 4 rings (SSSR count). The first-order chi connectivity index (χ1) is 14.3. The van der Waals surface area contributed by atoms with Crippen molar-refractivity contribution in [2.45, 2.75) is 30.4 Å². The Hall–Kier alpha value is -2.64. The molecule has 1 aromatic carbocycles. The molecule has 0 aliphatic carbocycles. The lowest BCUT2D eigenvalue weighted by Gasteiger charge is -2.32. The average Bonchev–Trinajstić information content (AvgIpc) is 2.78. The maximum atomic E-state index is 5.60. The van der Waals surface area contributed by atoms with Gasteiger partial charge in [-0.15, -0.1) is 11.8 Å². The lowest BCUT2D eigenvalue weighted by Crippen LogP contribution is -2.41. The van der Waals surface area contributed by atoms with Crippen molar-refractivity contribution < 1.29 is 4.74 Å². The lowest BCUT2D eigenvalue weighted by atomic mass is 10.2. The zero-order valence-corrected chi connectivity index (χ0v) is 17.3. The van der Waals surface area contributed by atoms with Crippen LogP contribution in [0.2, 0.25) is 0 Å². The van der Waals surface area contributed by atoms with Gasteiger partial charge >= 0.3 is 0 Å². The van der Waals surface area contributed by atoms with Crippen LogP contribution in [0.25, 0.3) is 0 Å². The third-order valence-electron chi connectivity index (χ3n) is 4.69. The first-order valence-electron chi connectivity index (χ1n) is 9.80. The van der Waals surface area contributed by atoms with E-state index in [9.17, 15) is 0 Å². The van der Waals surface area contributed by atoms with Crippen molar-refractivity contribution in [3.8, 4) is 0 Å². The summed E-state index contributed by atoms with van der Waals surface area (Å²) in [4.78, 5) is 15.8. The summed E-state index contributed by atoms with van der Waals surface area (Å²) >= 11 is 1.69. The molecule has 6 nitrogen and oxygen atoms in total. The van der Waals surface area contributed by atoms with E-state index in [-0.39, 0.29) is 6.10 Å². The van der Waals surface area contributed by atoms with Crippen molar-refractivity contribution in [3.05, 3.63) is 72.2 Å². The van der Waals surface area contributed by atoms with Crippen molar-refractivity contribution in [2.24, 2.45) is 0 Å². The molecule has 1 aliphatic heterocycles. The molecule has 0 bridgehead atoms. The maximum absolute atomic E-state index is 5.60. The molecule has 1 unspecified atom stereocenters. The van der Waals surface area contributed by atoms with Gasteiger partial charge in [-0.3, -0.25) is 4.98 Å². The molecule has 0 radical (unpaired) electrons. The van der Waals surface area contributed by atoms with Crippen LogP contribution in [0.15, 0.2) is 66.1 Å². The summed E-state index contributed by atoms with van der Waals surface area (Å²) in [6.07, 6.45) is 5.73. The summed E-state index contributed by atoms with van der Waals surface area (Å²) < 4.78 is 5.60. The topological polar surface area (TPSA) is 63.2 Å². The van der Waals surface area contributed by atoms with Crippen LogP contribution in [0.5, 0.6) is 0 Å². The number of aromatic nitrogens is 3. The Morgan fingerprint density at radius 1 is 1.10 bits per heavy atom. The van der Waals surface area contributed by atoms with Gasteiger partial charge in [-0.25, -0.2) is 9.97 Å². The molecule has 29 heavy (non-hydrogen) atoms. The predicted molar refractivity (Wildman–Crippen MR) is 117 cm³/mol. The monoisotopic (exact) mass is 407 g/mol. The van der Waals surface area contributed by atoms with Crippen molar-refractivity contribution >= 4 is 23.4 Å². The number of nitrogens with one attached hydrogen (secondary N) is 1. The summed E-state index contributed by atoms with van der Waals surface area (Å²) in [5, 5.41) is 4.26. The molecule has 150 valence electrons. The van der Waals surface area contributed by atoms with E-state index < -0.39 is 0 Å². The zero-order chi connectivity index (χ0) is 19.9. The minimum Gasteiger partial charge on any atom is -0.375 e. The highest BCUT2D eigenvalue weighted by atomic mass is 32.2. The third kappa shape index (κ3) is 5.68. The van der Waals surface area contributed by atoms with Crippen molar-refractivity contribution in [3.63, 3.8) is 0 Å². The lowest BCUT2D eigenvalue weighted by molar-refractivity contribution is 0.0529. The van der Waals surface area contributed by atoms with Gasteiger partial charge in [0.05, 0.1) is 25.1 Å². The largest absolute Gasteiger partial charge is 0.375 e. The molecule has 2 aromatic heterocycles. The molecular formula is C22H25N5OS. The number of rotatable bonds is 7. The number of thioether (sulfide) groups is 1. The summed E-state index contributed by atoms with van der Waals surface area (Å²) in [7, 11) is 0. The first kappa shape index (κ1) is 19.7. The van der Waals surface area contributed by atoms with Gasteiger partial charge in [0.2, 0.25) is 0 Å². The fraction of sp³-hybridized carbons (Fsp3) is 0.318. The van der Waals surface area contributed by atoms with Crippen LogP contribution in [-0.4, -0.2) is 40.8 Å². The zero-order valence-electron chi connectivity index (χ0n) is 16.5. The van der Waals surface area contributed by atoms with E-state index in [4.69, 9.17) is 4.74 Å². The number of ether oxygens (including phenoxy) is 1. The Balaban J connectivity index is 1.30. The van der Waals surface area contributed by atoms with Crippen LogP contribution in [0, 0.1) is 0 Å². The number of morpholine rings is 1. The average molecular weight is 408 g/mol. The Bertz CT molecular complexity index is 907. The molecule has 1 fully saturated rings. The quantitative estimate of drug-likeness (QED) is 0.594. The molecular weight excluding hydrogens is 382 g/mol. The molecule has 1 N–H and O–H groups in total. The van der Waals surface area contributed by atoms with Crippen LogP contribution in [0.1, 0.15) is 18.1 Å². The van der Waals surface area contributed by atoms with E-state index in [0.29, 0.717) is 6.54 Å². The molecule has 3 aromatic rings. The van der Waals surface area contributed by atoms with E-state index in [2.05, 4.69) is 68.5 Å². The second-order valence-electron chi connectivity index (χ2n) is 7.02. The van der Waals surface area contributed by atoms with Crippen molar-refractivity contribution in [1.29, 1.82) is 0 Å². The maximum Gasteiger partial charge on any atom is 0.146 e. The second kappa shape index (κ2) is 9.71. The SMILES string of the molecule is CC1CN(c2ccc(CNc3cncc(SCc4ccccc4)n3)cn2)CCO1. The molecule has 1 atom stereocenters. The summed E-state index contributed by atoms with van der Waals surface area (Å²) in [6, 6.07) is 14.6. The second-order valence-corrected chi connectivity index (χ2v) is 8.02. The van der Waals surface area contributed by atoms with Gasteiger partial charge in [0.25, 0.3) is 0 Å². The van der Waals surface area contributed by atoms with Gasteiger partial charge < -0.3 is 15.0 Å². The smallest absolute Gasteiger partial charge is 0.146 e. The van der Waals surface area contributed by atoms with Crippen LogP contribution < -0.4 is 10.2 Å². The molecule has 7 heteroatoms. The van der Waals surface area contributed by atoms with Crippen molar-refractivity contribution in [1.82, 2.24) is 15.0 Å². The van der Waals surface area contributed by atoms with Gasteiger partial charge in [-0.2, -0.15) is 0 Å².